The maximum absolute atomic E-state index is 12.1. The predicted molar refractivity (Wildman–Crippen MR) is 66.9 cm³/mol. The number of alkyl halides is 1. The van der Waals surface area contributed by atoms with Gasteiger partial charge in [-0.15, -0.1) is 22.9 Å². The molecule has 1 amide bonds. The molecule has 1 aromatic heterocycles. The molecular formula is C11H15ClN2OS. The van der Waals surface area contributed by atoms with E-state index in [0.717, 1.165) is 31.4 Å². The third kappa shape index (κ3) is 2.38. The standard InChI is InChI=1S/C11H15ClN2OS/c1-11(4-2-3-5-11)9(15)14-10-13-8(6-12)7-16-10/h7H,2-6H2,1H3,(H,13,14,15). The van der Waals surface area contributed by atoms with Crippen molar-refractivity contribution in [2.24, 2.45) is 5.41 Å². The van der Waals surface area contributed by atoms with Crippen LogP contribution in [0.4, 0.5) is 5.13 Å². The van der Waals surface area contributed by atoms with E-state index in [0.29, 0.717) is 11.0 Å². The second-order valence-corrected chi connectivity index (χ2v) is 5.62. The van der Waals surface area contributed by atoms with Crippen molar-refractivity contribution in [3.63, 3.8) is 0 Å². The molecule has 2 rings (SSSR count). The van der Waals surface area contributed by atoms with E-state index in [1.54, 1.807) is 0 Å². The molecular weight excluding hydrogens is 244 g/mol. The Morgan fingerprint density at radius 3 is 2.88 bits per heavy atom. The van der Waals surface area contributed by atoms with Gasteiger partial charge in [0.05, 0.1) is 11.6 Å². The maximum atomic E-state index is 12.1. The smallest absolute Gasteiger partial charge is 0.232 e. The zero-order valence-electron chi connectivity index (χ0n) is 9.25. The minimum absolute atomic E-state index is 0.0977. The number of hydrogen-bond donors (Lipinski definition) is 1. The topological polar surface area (TPSA) is 42.0 Å². The van der Waals surface area contributed by atoms with E-state index in [2.05, 4.69) is 10.3 Å². The summed E-state index contributed by atoms with van der Waals surface area (Å²) in [5.74, 6) is 0.490. The Morgan fingerprint density at radius 2 is 2.31 bits per heavy atom. The second-order valence-electron chi connectivity index (χ2n) is 4.50. The van der Waals surface area contributed by atoms with E-state index in [9.17, 15) is 4.79 Å². The molecule has 0 radical (unpaired) electrons. The zero-order valence-corrected chi connectivity index (χ0v) is 10.8. The number of carbonyl (C=O) groups excluding carboxylic acids is 1. The van der Waals surface area contributed by atoms with Gasteiger partial charge in [0.25, 0.3) is 0 Å². The van der Waals surface area contributed by atoms with Crippen LogP contribution in [-0.4, -0.2) is 10.9 Å². The SMILES string of the molecule is CC1(C(=O)Nc2nc(CCl)cs2)CCCC1. The normalized spacial score (nSPS) is 18.6. The first-order valence-electron chi connectivity index (χ1n) is 5.46. The van der Waals surface area contributed by atoms with Crippen LogP contribution >= 0.6 is 22.9 Å². The van der Waals surface area contributed by atoms with Gasteiger partial charge in [-0.25, -0.2) is 4.98 Å². The van der Waals surface area contributed by atoms with Crippen LogP contribution in [0.15, 0.2) is 5.38 Å². The van der Waals surface area contributed by atoms with Gasteiger partial charge in [0, 0.05) is 10.8 Å². The number of thiazole rings is 1. The lowest BCUT2D eigenvalue weighted by Gasteiger charge is -2.21. The summed E-state index contributed by atoms with van der Waals surface area (Å²) in [6, 6.07) is 0. The Morgan fingerprint density at radius 1 is 1.62 bits per heavy atom. The molecule has 5 heteroatoms. The van der Waals surface area contributed by atoms with Crippen molar-refractivity contribution < 1.29 is 4.79 Å². The first-order valence-corrected chi connectivity index (χ1v) is 6.87. The van der Waals surface area contributed by atoms with Crippen LogP contribution in [0.3, 0.4) is 0 Å². The van der Waals surface area contributed by atoms with Gasteiger partial charge in [-0.05, 0) is 12.8 Å². The van der Waals surface area contributed by atoms with Crippen molar-refractivity contribution in [1.29, 1.82) is 0 Å². The lowest BCUT2D eigenvalue weighted by molar-refractivity contribution is -0.124. The van der Waals surface area contributed by atoms with Crippen LogP contribution in [0.25, 0.3) is 0 Å². The fraction of sp³-hybridized carbons (Fsp3) is 0.636. The summed E-state index contributed by atoms with van der Waals surface area (Å²) < 4.78 is 0. The third-order valence-electron chi connectivity index (χ3n) is 3.16. The number of amides is 1. The highest BCUT2D eigenvalue weighted by molar-refractivity contribution is 7.14. The van der Waals surface area contributed by atoms with Gasteiger partial charge in [0.1, 0.15) is 0 Å². The third-order valence-corrected chi connectivity index (χ3v) is 4.24. The molecule has 0 saturated heterocycles. The quantitative estimate of drug-likeness (QED) is 0.845. The number of carbonyl (C=O) groups is 1. The number of aromatic nitrogens is 1. The Labute approximate surface area is 104 Å². The summed E-state index contributed by atoms with van der Waals surface area (Å²) in [5, 5.41) is 5.42. The monoisotopic (exact) mass is 258 g/mol. The predicted octanol–water partition coefficient (Wildman–Crippen LogP) is 3.40. The minimum Gasteiger partial charge on any atom is -0.301 e. The van der Waals surface area contributed by atoms with Gasteiger partial charge in [-0.1, -0.05) is 19.8 Å². The van der Waals surface area contributed by atoms with Gasteiger partial charge in [-0.2, -0.15) is 0 Å². The largest absolute Gasteiger partial charge is 0.301 e. The molecule has 0 atom stereocenters. The molecule has 1 aliphatic rings. The van der Waals surface area contributed by atoms with Crippen LogP contribution < -0.4 is 5.32 Å². The summed E-state index contributed by atoms with van der Waals surface area (Å²) in [7, 11) is 0. The van der Waals surface area contributed by atoms with Gasteiger partial charge >= 0.3 is 0 Å². The van der Waals surface area contributed by atoms with Crippen molar-refractivity contribution in [3.05, 3.63) is 11.1 Å². The molecule has 1 heterocycles. The second kappa shape index (κ2) is 4.72. The van der Waals surface area contributed by atoms with Crippen molar-refractivity contribution in [1.82, 2.24) is 4.98 Å². The Balaban J connectivity index is 2.01. The van der Waals surface area contributed by atoms with Gasteiger partial charge < -0.3 is 5.32 Å². The number of hydrogen-bond acceptors (Lipinski definition) is 3. The first-order chi connectivity index (χ1) is 7.64. The van der Waals surface area contributed by atoms with E-state index in [4.69, 9.17) is 11.6 Å². The van der Waals surface area contributed by atoms with Crippen LogP contribution in [0.1, 0.15) is 38.3 Å². The van der Waals surface area contributed by atoms with Gasteiger partial charge in [0.2, 0.25) is 5.91 Å². The zero-order chi connectivity index (χ0) is 11.6. The van der Waals surface area contributed by atoms with Crippen LogP contribution in [0.2, 0.25) is 0 Å². The Bertz CT molecular complexity index is 385. The lowest BCUT2D eigenvalue weighted by atomic mass is 9.88. The highest BCUT2D eigenvalue weighted by atomic mass is 35.5. The summed E-state index contributed by atoms with van der Waals surface area (Å²) in [6.45, 7) is 2.03. The van der Waals surface area contributed by atoms with Crippen molar-refractivity contribution in [2.45, 2.75) is 38.5 Å². The molecule has 3 nitrogen and oxygen atoms in total. The molecule has 0 bridgehead atoms. The molecule has 0 aliphatic heterocycles. The van der Waals surface area contributed by atoms with Crippen LogP contribution in [0, 0.1) is 5.41 Å². The van der Waals surface area contributed by atoms with Crippen molar-refractivity contribution in [3.8, 4) is 0 Å². The Kier molecular flexibility index (Phi) is 3.50. The lowest BCUT2D eigenvalue weighted by Crippen LogP contribution is -2.30. The average molecular weight is 259 g/mol. The van der Waals surface area contributed by atoms with E-state index < -0.39 is 0 Å². The van der Waals surface area contributed by atoms with Gasteiger partial charge in [0.15, 0.2) is 5.13 Å². The fourth-order valence-electron chi connectivity index (χ4n) is 2.06. The molecule has 88 valence electrons. The van der Waals surface area contributed by atoms with Crippen LogP contribution in [0.5, 0.6) is 0 Å². The minimum atomic E-state index is -0.202. The molecule has 16 heavy (non-hydrogen) atoms. The highest BCUT2D eigenvalue weighted by Crippen LogP contribution is 2.38. The van der Waals surface area contributed by atoms with E-state index in [1.807, 2.05) is 12.3 Å². The molecule has 0 aromatic carbocycles. The average Bonchev–Trinajstić information content (AvgIpc) is 2.88. The first kappa shape index (κ1) is 11.9. The molecule has 1 fully saturated rings. The highest BCUT2D eigenvalue weighted by Gasteiger charge is 2.36. The molecule has 1 aromatic rings. The Hall–Kier alpha value is -0.610. The maximum Gasteiger partial charge on any atom is 0.232 e. The van der Waals surface area contributed by atoms with E-state index in [-0.39, 0.29) is 11.3 Å². The van der Waals surface area contributed by atoms with Crippen LogP contribution in [-0.2, 0) is 10.7 Å². The number of nitrogens with zero attached hydrogens (tertiary/aromatic N) is 1. The summed E-state index contributed by atoms with van der Waals surface area (Å²) in [6.07, 6.45) is 4.25. The van der Waals surface area contributed by atoms with E-state index >= 15 is 0 Å². The summed E-state index contributed by atoms with van der Waals surface area (Å²) >= 11 is 7.10. The number of nitrogens with one attached hydrogen (secondary N) is 1. The summed E-state index contributed by atoms with van der Waals surface area (Å²) in [5.41, 5.74) is 0.617. The summed E-state index contributed by atoms with van der Waals surface area (Å²) in [4.78, 5) is 16.3. The number of anilines is 1. The molecule has 0 unspecified atom stereocenters. The van der Waals surface area contributed by atoms with Gasteiger partial charge in [-0.3, -0.25) is 4.79 Å². The molecule has 1 saturated carbocycles. The van der Waals surface area contributed by atoms with Crippen molar-refractivity contribution >= 4 is 34.0 Å². The molecule has 1 N–H and O–H groups in total. The molecule has 0 spiro atoms. The number of halogens is 1. The van der Waals surface area contributed by atoms with E-state index in [1.165, 1.54) is 11.3 Å². The number of rotatable bonds is 3. The fourth-order valence-corrected chi connectivity index (χ4v) is 2.99. The van der Waals surface area contributed by atoms with Crippen molar-refractivity contribution in [2.75, 3.05) is 5.32 Å². The molecule has 1 aliphatic carbocycles.